The van der Waals surface area contributed by atoms with Gasteiger partial charge in [-0.15, -0.1) is 0 Å². The molecule has 0 saturated carbocycles. The zero-order chi connectivity index (χ0) is 12.1. The van der Waals surface area contributed by atoms with E-state index >= 15 is 0 Å². The van der Waals surface area contributed by atoms with Crippen LogP contribution in [-0.2, 0) is 17.9 Å². The van der Waals surface area contributed by atoms with Crippen molar-refractivity contribution in [3.63, 3.8) is 0 Å². The number of hydrogen-bond donors (Lipinski definition) is 1. The lowest BCUT2D eigenvalue weighted by molar-refractivity contribution is 0.185. The van der Waals surface area contributed by atoms with Gasteiger partial charge < -0.3 is 14.5 Å². The zero-order valence-corrected chi connectivity index (χ0v) is 11.7. The highest BCUT2D eigenvalue weighted by atomic mass is 127. The van der Waals surface area contributed by atoms with E-state index in [9.17, 15) is 0 Å². The van der Waals surface area contributed by atoms with Crippen LogP contribution >= 0.6 is 22.6 Å². The van der Waals surface area contributed by atoms with Crippen LogP contribution in [0.5, 0.6) is 0 Å². The molecule has 0 saturated heterocycles. The van der Waals surface area contributed by atoms with Gasteiger partial charge in [0.25, 0.3) is 0 Å². The van der Waals surface area contributed by atoms with E-state index in [0.717, 1.165) is 20.8 Å². The van der Waals surface area contributed by atoms with Crippen LogP contribution in [0.2, 0.25) is 0 Å². The first-order chi connectivity index (χ1) is 8.28. The van der Waals surface area contributed by atoms with Crippen LogP contribution in [0.4, 0.5) is 5.69 Å². The minimum atomic E-state index is 0.633. The fourth-order valence-corrected chi connectivity index (χ4v) is 2.04. The maximum atomic E-state index is 5.48. The van der Waals surface area contributed by atoms with Gasteiger partial charge in [0.1, 0.15) is 5.76 Å². The average molecular weight is 343 g/mol. The first-order valence-electron chi connectivity index (χ1n) is 5.34. The van der Waals surface area contributed by atoms with E-state index in [1.165, 1.54) is 0 Å². The standard InChI is InChI=1S/C13H14INO2/c1-16-9-10-3-2-4-11(7-10)15-8-12-5-6-13(14)17-12/h2-7,15H,8-9H2,1H3. The average Bonchev–Trinajstić information content (AvgIpc) is 2.74. The maximum Gasteiger partial charge on any atom is 0.164 e. The van der Waals surface area contributed by atoms with Crippen LogP contribution in [-0.4, -0.2) is 7.11 Å². The zero-order valence-electron chi connectivity index (χ0n) is 9.57. The molecule has 17 heavy (non-hydrogen) atoms. The molecule has 0 aliphatic rings. The Bertz CT molecular complexity index is 482. The lowest BCUT2D eigenvalue weighted by Crippen LogP contribution is -1.99. The van der Waals surface area contributed by atoms with Crippen molar-refractivity contribution < 1.29 is 9.15 Å². The number of nitrogens with one attached hydrogen (secondary N) is 1. The second-order valence-electron chi connectivity index (χ2n) is 3.69. The van der Waals surface area contributed by atoms with E-state index in [2.05, 4.69) is 34.0 Å². The number of ether oxygens (including phenoxy) is 1. The summed E-state index contributed by atoms with van der Waals surface area (Å²) in [4.78, 5) is 0. The number of methoxy groups -OCH3 is 1. The summed E-state index contributed by atoms with van der Waals surface area (Å²) in [6.45, 7) is 1.33. The summed E-state index contributed by atoms with van der Waals surface area (Å²) in [5, 5.41) is 3.32. The minimum Gasteiger partial charge on any atom is -0.454 e. The highest BCUT2D eigenvalue weighted by molar-refractivity contribution is 14.1. The van der Waals surface area contributed by atoms with E-state index in [-0.39, 0.29) is 0 Å². The highest BCUT2D eigenvalue weighted by Crippen LogP contribution is 2.15. The Morgan fingerprint density at radius 1 is 1.29 bits per heavy atom. The summed E-state index contributed by atoms with van der Waals surface area (Å²) < 4.78 is 11.5. The molecule has 4 heteroatoms. The first-order valence-corrected chi connectivity index (χ1v) is 6.42. The van der Waals surface area contributed by atoms with Gasteiger partial charge in [0.15, 0.2) is 3.77 Å². The van der Waals surface area contributed by atoms with Crippen molar-refractivity contribution >= 4 is 28.3 Å². The Morgan fingerprint density at radius 3 is 2.88 bits per heavy atom. The summed E-state index contributed by atoms with van der Waals surface area (Å²) in [7, 11) is 1.70. The van der Waals surface area contributed by atoms with E-state index in [1.54, 1.807) is 7.11 Å². The molecular weight excluding hydrogens is 329 g/mol. The molecule has 0 bridgehead atoms. The van der Waals surface area contributed by atoms with Gasteiger partial charge in [-0.05, 0) is 52.4 Å². The number of furan rings is 1. The number of rotatable bonds is 5. The summed E-state index contributed by atoms with van der Waals surface area (Å²) in [6, 6.07) is 12.1. The summed E-state index contributed by atoms with van der Waals surface area (Å²) in [6.07, 6.45) is 0. The lowest BCUT2D eigenvalue weighted by atomic mass is 10.2. The summed E-state index contributed by atoms with van der Waals surface area (Å²) in [5.41, 5.74) is 2.23. The van der Waals surface area contributed by atoms with Gasteiger partial charge in [-0.25, -0.2) is 0 Å². The molecule has 2 aromatic rings. The predicted molar refractivity (Wildman–Crippen MR) is 75.9 cm³/mol. The third-order valence-electron chi connectivity index (χ3n) is 2.33. The van der Waals surface area contributed by atoms with Crippen LogP contribution in [0.3, 0.4) is 0 Å². The molecule has 90 valence electrons. The SMILES string of the molecule is COCc1cccc(NCc2ccc(I)o2)c1. The molecule has 3 nitrogen and oxygen atoms in total. The number of halogens is 1. The van der Waals surface area contributed by atoms with E-state index in [1.807, 2.05) is 30.3 Å². The third kappa shape index (κ3) is 3.74. The van der Waals surface area contributed by atoms with Crippen molar-refractivity contribution in [1.82, 2.24) is 0 Å². The van der Waals surface area contributed by atoms with Crippen LogP contribution < -0.4 is 5.32 Å². The molecule has 0 fully saturated rings. The van der Waals surface area contributed by atoms with Crippen LogP contribution in [0, 0.1) is 3.77 Å². The van der Waals surface area contributed by atoms with Crippen molar-refractivity contribution in [3.05, 3.63) is 51.5 Å². The molecule has 0 aliphatic carbocycles. The molecule has 0 aliphatic heterocycles. The van der Waals surface area contributed by atoms with Crippen molar-refractivity contribution in [1.29, 1.82) is 0 Å². The molecule has 0 atom stereocenters. The molecule has 0 radical (unpaired) electrons. The van der Waals surface area contributed by atoms with Crippen molar-refractivity contribution in [3.8, 4) is 0 Å². The molecule has 1 aromatic heterocycles. The topological polar surface area (TPSA) is 34.4 Å². The number of anilines is 1. The Morgan fingerprint density at radius 2 is 2.18 bits per heavy atom. The smallest absolute Gasteiger partial charge is 0.164 e. The highest BCUT2D eigenvalue weighted by Gasteiger charge is 2.00. The molecule has 1 heterocycles. The molecule has 2 rings (SSSR count). The van der Waals surface area contributed by atoms with Gasteiger partial charge in [0, 0.05) is 12.8 Å². The molecule has 0 amide bonds. The first kappa shape index (κ1) is 12.4. The second kappa shape index (κ2) is 6.07. The van der Waals surface area contributed by atoms with E-state index in [0.29, 0.717) is 13.2 Å². The van der Waals surface area contributed by atoms with Crippen molar-refractivity contribution in [2.45, 2.75) is 13.2 Å². The largest absolute Gasteiger partial charge is 0.454 e. The monoisotopic (exact) mass is 343 g/mol. The fourth-order valence-electron chi connectivity index (χ4n) is 1.57. The Hall–Kier alpha value is -1.01. The molecule has 1 N–H and O–H groups in total. The minimum absolute atomic E-state index is 0.633. The summed E-state index contributed by atoms with van der Waals surface area (Å²) in [5.74, 6) is 0.937. The maximum absolute atomic E-state index is 5.48. The van der Waals surface area contributed by atoms with Crippen molar-refractivity contribution in [2.75, 3.05) is 12.4 Å². The summed E-state index contributed by atoms with van der Waals surface area (Å²) >= 11 is 2.16. The van der Waals surface area contributed by atoms with Gasteiger partial charge in [0.05, 0.1) is 13.2 Å². The predicted octanol–water partition coefficient (Wildman–Crippen LogP) is 3.64. The van der Waals surface area contributed by atoms with Gasteiger partial charge >= 0.3 is 0 Å². The molecular formula is C13H14INO2. The van der Waals surface area contributed by atoms with Crippen LogP contribution in [0.1, 0.15) is 11.3 Å². The van der Waals surface area contributed by atoms with Gasteiger partial charge in [-0.3, -0.25) is 0 Å². The Labute approximate surface area is 114 Å². The third-order valence-corrected chi connectivity index (χ3v) is 2.91. The van der Waals surface area contributed by atoms with Crippen LogP contribution in [0.15, 0.2) is 40.8 Å². The lowest BCUT2D eigenvalue weighted by Gasteiger charge is -2.06. The molecule has 0 unspecified atom stereocenters. The normalized spacial score (nSPS) is 10.5. The fraction of sp³-hybridized carbons (Fsp3) is 0.231. The number of benzene rings is 1. The van der Waals surface area contributed by atoms with E-state index < -0.39 is 0 Å². The van der Waals surface area contributed by atoms with E-state index in [4.69, 9.17) is 9.15 Å². The van der Waals surface area contributed by atoms with Gasteiger partial charge in [-0.2, -0.15) is 0 Å². The van der Waals surface area contributed by atoms with Gasteiger partial charge in [0.2, 0.25) is 0 Å². The van der Waals surface area contributed by atoms with Crippen LogP contribution in [0.25, 0.3) is 0 Å². The Kier molecular flexibility index (Phi) is 4.44. The molecule has 1 aromatic carbocycles. The second-order valence-corrected chi connectivity index (χ2v) is 4.76. The Balaban J connectivity index is 1.96. The number of hydrogen-bond acceptors (Lipinski definition) is 3. The van der Waals surface area contributed by atoms with Gasteiger partial charge in [-0.1, -0.05) is 12.1 Å². The van der Waals surface area contributed by atoms with Crippen molar-refractivity contribution in [2.24, 2.45) is 0 Å². The quantitative estimate of drug-likeness (QED) is 0.842. The molecule has 0 spiro atoms.